The molecule has 190 valence electrons. The lowest BCUT2D eigenvalue weighted by molar-refractivity contribution is -0.113. The van der Waals surface area contributed by atoms with Crippen molar-refractivity contribution < 1.29 is 13.9 Å². The first kappa shape index (κ1) is 25.9. The van der Waals surface area contributed by atoms with Gasteiger partial charge in [-0.15, -0.1) is 0 Å². The van der Waals surface area contributed by atoms with Gasteiger partial charge in [-0.25, -0.2) is 9.37 Å². The number of benzene rings is 1. The number of methoxy groups -OCH3 is 1. The lowest BCUT2D eigenvalue weighted by Gasteiger charge is -2.18. The maximum Gasteiger partial charge on any atom is 0.251 e. The third-order valence-electron chi connectivity index (χ3n) is 8.07. The molecule has 1 heterocycles. The molecular formula is C31H37FN2O2. The maximum atomic E-state index is 14.2. The molecule has 0 saturated heterocycles. The van der Waals surface area contributed by atoms with Gasteiger partial charge in [0.15, 0.2) is 0 Å². The van der Waals surface area contributed by atoms with Crippen molar-refractivity contribution in [2.75, 3.05) is 12.4 Å². The van der Waals surface area contributed by atoms with Crippen LogP contribution in [0.4, 0.5) is 10.1 Å². The second-order valence-electron chi connectivity index (χ2n) is 10.4. The molecule has 1 aromatic carbocycles. The highest BCUT2D eigenvalue weighted by Gasteiger charge is 2.43. The highest BCUT2D eigenvalue weighted by atomic mass is 19.1. The number of carbonyl (C=O) groups excluding carboxylic acids is 1. The summed E-state index contributed by atoms with van der Waals surface area (Å²) in [6.07, 6.45) is 11.2. The van der Waals surface area contributed by atoms with Crippen molar-refractivity contribution in [2.24, 2.45) is 29.6 Å². The van der Waals surface area contributed by atoms with E-state index in [1.165, 1.54) is 11.6 Å². The molecule has 2 aliphatic carbocycles. The van der Waals surface area contributed by atoms with Crippen molar-refractivity contribution in [3.05, 3.63) is 77.1 Å². The van der Waals surface area contributed by atoms with E-state index in [2.05, 4.69) is 49.5 Å². The fourth-order valence-electron chi connectivity index (χ4n) is 5.79. The first-order valence-corrected chi connectivity index (χ1v) is 13.0. The molecule has 4 nitrogen and oxygen atoms in total. The molecule has 0 spiro atoms. The van der Waals surface area contributed by atoms with E-state index in [1.807, 2.05) is 0 Å². The van der Waals surface area contributed by atoms with E-state index in [9.17, 15) is 9.18 Å². The summed E-state index contributed by atoms with van der Waals surface area (Å²) >= 11 is 0. The summed E-state index contributed by atoms with van der Waals surface area (Å²) in [7, 11) is 1.56. The zero-order valence-electron chi connectivity index (χ0n) is 21.6. The van der Waals surface area contributed by atoms with Crippen molar-refractivity contribution in [3.63, 3.8) is 0 Å². The molecule has 5 atom stereocenters. The van der Waals surface area contributed by atoms with Crippen molar-refractivity contribution in [1.29, 1.82) is 0 Å². The van der Waals surface area contributed by atoms with Crippen LogP contribution >= 0.6 is 0 Å². The van der Waals surface area contributed by atoms with E-state index in [4.69, 9.17) is 4.74 Å². The van der Waals surface area contributed by atoms with Crippen LogP contribution < -0.4 is 20.5 Å². The molecule has 0 aliphatic heterocycles. The molecule has 3 unspecified atom stereocenters. The van der Waals surface area contributed by atoms with Gasteiger partial charge in [-0.3, -0.25) is 4.79 Å². The van der Waals surface area contributed by atoms with Gasteiger partial charge >= 0.3 is 0 Å². The summed E-state index contributed by atoms with van der Waals surface area (Å²) in [6, 6.07) is 8.38. The Balaban J connectivity index is 1.46. The van der Waals surface area contributed by atoms with Gasteiger partial charge in [0, 0.05) is 11.6 Å². The van der Waals surface area contributed by atoms with Gasteiger partial charge in [0.1, 0.15) is 5.82 Å². The molecule has 2 aromatic rings. The minimum absolute atomic E-state index is 0.145. The normalized spacial score (nSPS) is 24.9. The van der Waals surface area contributed by atoms with Gasteiger partial charge < -0.3 is 10.1 Å². The molecule has 1 aromatic heterocycles. The lowest BCUT2D eigenvalue weighted by atomic mass is 9.87. The van der Waals surface area contributed by atoms with Crippen LogP contribution in [0.1, 0.15) is 46.0 Å². The number of carbonyl (C=O) groups is 1. The number of nitrogens with one attached hydrogen (secondary N) is 1. The van der Waals surface area contributed by atoms with Gasteiger partial charge in [-0.1, -0.05) is 51.6 Å². The molecule has 1 N–H and O–H groups in total. The average molecular weight is 489 g/mol. The number of fused-ring (bicyclic) bond motifs is 1. The van der Waals surface area contributed by atoms with Gasteiger partial charge in [-0.05, 0) is 89.5 Å². The fourth-order valence-corrected chi connectivity index (χ4v) is 5.79. The first-order chi connectivity index (χ1) is 17.3. The van der Waals surface area contributed by atoms with Crippen LogP contribution in [-0.2, 0) is 4.79 Å². The standard InChI is InChI=1S/C31H37FN2O2/c1-6-19(2)7-11-28(29-17-26(32)9-8-20(29)3)25-15-23-13-22(14-24(23)16-25)21(4)31(35)34-27-10-12-30(36-5)33-18-27/h7-12,17-19,22-25H,3-4,6,13-16H2,1-2,5H3,(H,34,35)/b11-7-,29-28+/t19?,22?,23-,24+,25?. The summed E-state index contributed by atoms with van der Waals surface area (Å²) in [4.78, 5) is 17.0. The number of hydrogen-bond acceptors (Lipinski definition) is 3. The SMILES string of the molecule is C=C(C(=O)Nc1ccc(OC)nc1)C1C[C@@H]2CC(C(/C=C\C(C)CC)=c3\cc(F)ccc3=C)C[C@@H]2C1. The quantitative estimate of drug-likeness (QED) is 0.489. The Morgan fingerprint density at radius 1 is 1.19 bits per heavy atom. The Bertz CT molecular complexity index is 1240. The number of nitrogens with zero attached hydrogens (tertiary/aromatic N) is 1. The Labute approximate surface area is 213 Å². The van der Waals surface area contributed by atoms with E-state index in [1.54, 1.807) is 37.6 Å². The number of amides is 1. The molecule has 2 fully saturated rings. The van der Waals surface area contributed by atoms with Crippen LogP contribution in [0, 0.1) is 35.4 Å². The van der Waals surface area contributed by atoms with Crippen molar-refractivity contribution in [1.82, 2.24) is 4.98 Å². The second kappa shape index (κ2) is 11.2. The van der Waals surface area contributed by atoms with E-state index in [0.717, 1.165) is 42.5 Å². The number of halogens is 1. The topological polar surface area (TPSA) is 51.2 Å². The Morgan fingerprint density at radius 2 is 1.89 bits per heavy atom. The van der Waals surface area contributed by atoms with Gasteiger partial charge in [0.25, 0.3) is 5.91 Å². The molecule has 0 bridgehead atoms. The number of pyridine rings is 1. The predicted octanol–water partition coefficient (Wildman–Crippen LogP) is 5.64. The second-order valence-corrected chi connectivity index (χ2v) is 10.4. The van der Waals surface area contributed by atoms with E-state index < -0.39 is 0 Å². The third-order valence-corrected chi connectivity index (χ3v) is 8.07. The summed E-state index contributed by atoms with van der Waals surface area (Å²) in [5, 5.41) is 4.71. The van der Waals surface area contributed by atoms with E-state index in [-0.39, 0.29) is 17.6 Å². The number of hydrogen-bond donors (Lipinski definition) is 1. The highest BCUT2D eigenvalue weighted by molar-refractivity contribution is 6.03. The minimum atomic E-state index is -0.223. The molecule has 2 aliphatic rings. The average Bonchev–Trinajstić information content (AvgIpc) is 3.45. The number of anilines is 1. The van der Waals surface area contributed by atoms with Crippen molar-refractivity contribution in [3.8, 4) is 5.88 Å². The summed E-state index contributed by atoms with van der Waals surface area (Å²) in [5.74, 6) is 2.24. The third kappa shape index (κ3) is 5.77. The molecular weight excluding hydrogens is 451 g/mol. The Morgan fingerprint density at radius 3 is 2.50 bits per heavy atom. The zero-order chi connectivity index (χ0) is 25.8. The zero-order valence-corrected chi connectivity index (χ0v) is 21.6. The highest BCUT2D eigenvalue weighted by Crippen LogP contribution is 2.53. The van der Waals surface area contributed by atoms with Crippen LogP contribution in [0.2, 0.25) is 0 Å². The van der Waals surface area contributed by atoms with Crippen LogP contribution in [0.25, 0.3) is 12.2 Å². The van der Waals surface area contributed by atoms with Gasteiger partial charge in [-0.2, -0.15) is 0 Å². The first-order valence-electron chi connectivity index (χ1n) is 13.0. The van der Waals surface area contributed by atoms with Crippen LogP contribution in [-0.4, -0.2) is 18.0 Å². The maximum absolute atomic E-state index is 14.2. The molecule has 5 heteroatoms. The Kier molecular flexibility index (Phi) is 8.07. The molecule has 1 amide bonds. The van der Waals surface area contributed by atoms with E-state index >= 15 is 0 Å². The Hall–Kier alpha value is -3.21. The number of rotatable bonds is 8. The van der Waals surface area contributed by atoms with Gasteiger partial charge in [0.05, 0.1) is 19.0 Å². The summed E-state index contributed by atoms with van der Waals surface area (Å²) in [6.45, 7) is 12.7. The van der Waals surface area contributed by atoms with Crippen molar-refractivity contribution in [2.45, 2.75) is 46.0 Å². The molecule has 2 saturated carbocycles. The fraction of sp³-hybridized carbons (Fsp3) is 0.419. The predicted molar refractivity (Wildman–Crippen MR) is 144 cm³/mol. The van der Waals surface area contributed by atoms with Crippen molar-refractivity contribution >= 4 is 23.7 Å². The molecule has 0 radical (unpaired) electrons. The monoisotopic (exact) mass is 488 g/mol. The van der Waals surface area contributed by atoms with Crippen LogP contribution in [0.15, 0.2) is 60.8 Å². The minimum Gasteiger partial charge on any atom is -0.481 e. The number of ether oxygens (including phenoxy) is 1. The van der Waals surface area contributed by atoms with Crippen LogP contribution in [0.5, 0.6) is 5.88 Å². The molecule has 4 rings (SSSR count). The summed E-state index contributed by atoms with van der Waals surface area (Å²) < 4.78 is 19.3. The van der Waals surface area contributed by atoms with E-state index in [0.29, 0.717) is 40.8 Å². The van der Waals surface area contributed by atoms with Gasteiger partial charge in [0.2, 0.25) is 5.88 Å². The van der Waals surface area contributed by atoms with Crippen LogP contribution in [0.3, 0.4) is 0 Å². The number of allylic oxidation sites excluding steroid dienone is 2. The smallest absolute Gasteiger partial charge is 0.251 e. The largest absolute Gasteiger partial charge is 0.481 e. The number of aromatic nitrogens is 1. The lowest BCUT2D eigenvalue weighted by Crippen LogP contribution is -2.28. The summed E-state index contributed by atoms with van der Waals surface area (Å²) in [5.41, 5.74) is 2.48. The molecule has 36 heavy (non-hydrogen) atoms.